The minimum atomic E-state index is -0.254. The molecule has 0 saturated heterocycles. The van der Waals surface area contributed by atoms with Gasteiger partial charge >= 0.3 is 0 Å². The summed E-state index contributed by atoms with van der Waals surface area (Å²) in [6.07, 6.45) is 0. The molecule has 0 unspecified atom stereocenters. The Morgan fingerprint density at radius 3 is 2.85 bits per heavy atom. The molecule has 1 amide bonds. The Labute approximate surface area is 115 Å². The van der Waals surface area contributed by atoms with Gasteiger partial charge in [0.15, 0.2) is 5.69 Å². The van der Waals surface area contributed by atoms with Gasteiger partial charge in [-0.1, -0.05) is 18.2 Å². The molecule has 0 saturated carbocycles. The van der Waals surface area contributed by atoms with Crippen molar-refractivity contribution < 1.29 is 4.79 Å². The number of para-hydroxylation sites is 1. The first-order chi connectivity index (χ1) is 9.65. The van der Waals surface area contributed by atoms with Crippen molar-refractivity contribution in [1.29, 1.82) is 0 Å². The molecule has 2 aromatic carbocycles. The minimum Gasteiger partial charge on any atom is -0.399 e. The summed E-state index contributed by atoms with van der Waals surface area (Å²) in [7, 11) is 0. The van der Waals surface area contributed by atoms with Crippen molar-refractivity contribution in [3.05, 3.63) is 53.7 Å². The maximum absolute atomic E-state index is 12.3. The summed E-state index contributed by atoms with van der Waals surface area (Å²) in [4.78, 5) is 12.3. The molecule has 4 N–H and O–H groups in total. The van der Waals surface area contributed by atoms with Crippen LogP contribution >= 0.6 is 0 Å². The Kier molecular flexibility index (Phi) is 2.87. The van der Waals surface area contributed by atoms with Crippen LogP contribution in [0, 0.1) is 6.92 Å². The van der Waals surface area contributed by atoms with E-state index in [2.05, 4.69) is 15.5 Å². The molecule has 0 aliphatic rings. The molecule has 1 aromatic heterocycles. The lowest BCUT2D eigenvalue weighted by Gasteiger charge is -2.06. The number of amides is 1. The Bertz CT molecular complexity index is 791. The normalized spacial score (nSPS) is 10.7. The van der Waals surface area contributed by atoms with E-state index in [4.69, 9.17) is 5.73 Å². The lowest BCUT2D eigenvalue weighted by molar-refractivity contribution is 0.102. The molecule has 0 bridgehead atoms. The van der Waals surface area contributed by atoms with Crippen LogP contribution in [-0.4, -0.2) is 16.1 Å². The topological polar surface area (TPSA) is 83.8 Å². The summed E-state index contributed by atoms with van der Waals surface area (Å²) in [6, 6.07) is 12.9. The van der Waals surface area contributed by atoms with Gasteiger partial charge in [0.1, 0.15) is 0 Å². The van der Waals surface area contributed by atoms with E-state index in [0.29, 0.717) is 11.4 Å². The first-order valence-electron chi connectivity index (χ1n) is 6.26. The van der Waals surface area contributed by atoms with Gasteiger partial charge in [-0.25, -0.2) is 0 Å². The van der Waals surface area contributed by atoms with E-state index in [-0.39, 0.29) is 5.91 Å². The molecule has 5 heteroatoms. The minimum absolute atomic E-state index is 0.254. The van der Waals surface area contributed by atoms with Gasteiger partial charge < -0.3 is 11.1 Å². The number of aromatic amines is 1. The third-order valence-corrected chi connectivity index (χ3v) is 3.20. The molecule has 3 aromatic rings. The summed E-state index contributed by atoms with van der Waals surface area (Å²) in [5.41, 5.74) is 9.26. The lowest BCUT2D eigenvalue weighted by atomic mass is 10.1. The number of carbonyl (C=O) groups excluding carboxylic acids is 1. The molecule has 0 aliphatic carbocycles. The zero-order chi connectivity index (χ0) is 14.1. The van der Waals surface area contributed by atoms with E-state index in [9.17, 15) is 4.79 Å². The van der Waals surface area contributed by atoms with Crippen LogP contribution in [0.15, 0.2) is 42.5 Å². The number of nitrogen functional groups attached to an aromatic ring is 1. The van der Waals surface area contributed by atoms with Crippen molar-refractivity contribution in [3.63, 3.8) is 0 Å². The van der Waals surface area contributed by atoms with Crippen LogP contribution in [-0.2, 0) is 0 Å². The van der Waals surface area contributed by atoms with Gasteiger partial charge in [-0.05, 0) is 36.8 Å². The van der Waals surface area contributed by atoms with Crippen molar-refractivity contribution in [1.82, 2.24) is 10.2 Å². The maximum Gasteiger partial charge on any atom is 0.276 e. The molecule has 0 spiro atoms. The highest BCUT2D eigenvalue weighted by molar-refractivity contribution is 6.11. The molecule has 0 radical (unpaired) electrons. The van der Waals surface area contributed by atoms with Gasteiger partial charge in [-0.2, -0.15) is 5.10 Å². The molecule has 100 valence electrons. The van der Waals surface area contributed by atoms with Crippen LogP contribution in [0.3, 0.4) is 0 Å². The largest absolute Gasteiger partial charge is 0.399 e. The van der Waals surface area contributed by atoms with Crippen LogP contribution in [0.2, 0.25) is 0 Å². The van der Waals surface area contributed by atoms with E-state index < -0.39 is 0 Å². The van der Waals surface area contributed by atoms with Gasteiger partial charge in [-0.3, -0.25) is 9.89 Å². The highest BCUT2D eigenvalue weighted by Gasteiger charge is 2.15. The molecular weight excluding hydrogens is 252 g/mol. The number of nitrogens with two attached hydrogens (primary N) is 1. The van der Waals surface area contributed by atoms with Crippen LogP contribution in [0.1, 0.15) is 16.1 Å². The molecule has 0 fully saturated rings. The smallest absolute Gasteiger partial charge is 0.276 e. The summed E-state index contributed by atoms with van der Waals surface area (Å²) >= 11 is 0. The predicted octanol–water partition coefficient (Wildman–Crippen LogP) is 2.71. The number of carbonyl (C=O) groups is 1. The monoisotopic (exact) mass is 266 g/mol. The number of hydrogen-bond acceptors (Lipinski definition) is 3. The number of hydrogen-bond donors (Lipinski definition) is 3. The molecular formula is C15H14N4O. The standard InChI is InChI=1S/C15H14N4O/c1-9-4-2-3-5-12(9)17-15(20)14-11-8-10(16)6-7-13(11)18-19-14/h2-8H,16H2,1H3,(H,17,20)(H,18,19). The van der Waals surface area contributed by atoms with E-state index >= 15 is 0 Å². The van der Waals surface area contributed by atoms with Gasteiger partial charge in [0, 0.05) is 16.8 Å². The summed E-state index contributed by atoms with van der Waals surface area (Å²) in [5.74, 6) is -0.254. The number of nitrogens with zero attached hydrogens (tertiary/aromatic N) is 1. The zero-order valence-corrected chi connectivity index (χ0v) is 11.0. The molecule has 1 heterocycles. The highest BCUT2D eigenvalue weighted by Crippen LogP contribution is 2.21. The Morgan fingerprint density at radius 2 is 2.05 bits per heavy atom. The first kappa shape index (κ1) is 12.2. The quantitative estimate of drug-likeness (QED) is 0.623. The van der Waals surface area contributed by atoms with Crippen LogP contribution < -0.4 is 11.1 Å². The fourth-order valence-electron chi connectivity index (χ4n) is 2.10. The van der Waals surface area contributed by atoms with Crippen molar-refractivity contribution in [2.24, 2.45) is 0 Å². The highest BCUT2D eigenvalue weighted by atomic mass is 16.1. The van der Waals surface area contributed by atoms with E-state index in [1.165, 1.54) is 0 Å². The molecule has 0 atom stereocenters. The van der Waals surface area contributed by atoms with Crippen molar-refractivity contribution in [3.8, 4) is 0 Å². The van der Waals surface area contributed by atoms with Gasteiger partial charge in [-0.15, -0.1) is 0 Å². The lowest BCUT2D eigenvalue weighted by Crippen LogP contribution is -2.13. The van der Waals surface area contributed by atoms with Crippen molar-refractivity contribution in [2.45, 2.75) is 6.92 Å². The fraction of sp³-hybridized carbons (Fsp3) is 0.0667. The number of nitrogens with one attached hydrogen (secondary N) is 2. The number of H-pyrrole nitrogens is 1. The van der Waals surface area contributed by atoms with Crippen LogP contribution in [0.25, 0.3) is 10.9 Å². The number of fused-ring (bicyclic) bond motifs is 1. The Balaban J connectivity index is 1.97. The SMILES string of the molecule is Cc1ccccc1NC(=O)c1n[nH]c2ccc(N)cc12. The van der Waals surface area contributed by atoms with Crippen LogP contribution in [0.4, 0.5) is 11.4 Å². The molecule has 5 nitrogen and oxygen atoms in total. The second-order valence-electron chi connectivity index (χ2n) is 4.65. The number of aryl methyl sites for hydroxylation is 1. The maximum atomic E-state index is 12.3. The number of aromatic nitrogens is 2. The first-order valence-corrected chi connectivity index (χ1v) is 6.26. The molecule has 20 heavy (non-hydrogen) atoms. The zero-order valence-electron chi connectivity index (χ0n) is 11.0. The third kappa shape index (κ3) is 2.09. The van der Waals surface area contributed by atoms with E-state index in [0.717, 1.165) is 22.2 Å². The molecule has 0 aliphatic heterocycles. The average Bonchev–Trinajstić information content (AvgIpc) is 2.84. The van der Waals surface area contributed by atoms with Gasteiger partial charge in [0.05, 0.1) is 5.52 Å². The summed E-state index contributed by atoms with van der Waals surface area (Å²) in [6.45, 7) is 1.94. The second-order valence-corrected chi connectivity index (χ2v) is 4.65. The Morgan fingerprint density at radius 1 is 1.25 bits per heavy atom. The van der Waals surface area contributed by atoms with E-state index in [1.54, 1.807) is 12.1 Å². The third-order valence-electron chi connectivity index (χ3n) is 3.20. The predicted molar refractivity (Wildman–Crippen MR) is 79.6 cm³/mol. The number of rotatable bonds is 2. The van der Waals surface area contributed by atoms with E-state index in [1.807, 2.05) is 37.3 Å². The average molecular weight is 266 g/mol. The second kappa shape index (κ2) is 4.70. The Hall–Kier alpha value is -2.82. The van der Waals surface area contributed by atoms with Gasteiger partial charge in [0.25, 0.3) is 5.91 Å². The van der Waals surface area contributed by atoms with Gasteiger partial charge in [0.2, 0.25) is 0 Å². The number of anilines is 2. The fourth-order valence-corrected chi connectivity index (χ4v) is 2.10. The molecule has 3 rings (SSSR count). The summed E-state index contributed by atoms with van der Waals surface area (Å²) < 4.78 is 0. The van der Waals surface area contributed by atoms with Crippen LogP contribution in [0.5, 0.6) is 0 Å². The van der Waals surface area contributed by atoms with Crippen molar-refractivity contribution >= 4 is 28.2 Å². The summed E-state index contributed by atoms with van der Waals surface area (Å²) in [5, 5.41) is 10.5. The van der Waals surface area contributed by atoms with Crippen molar-refractivity contribution in [2.75, 3.05) is 11.1 Å². The number of benzene rings is 2.